The average Bonchev–Trinajstić information content (AvgIpc) is 2.89. The molecule has 0 aliphatic heterocycles. The number of anilines is 2. The van der Waals surface area contributed by atoms with Gasteiger partial charge in [-0.25, -0.2) is 4.98 Å². The number of carbonyl (C=O) groups is 1. The molecule has 6 heteroatoms. The van der Waals surface area contributed by atoms with Crippen molar-refractivity contribution in [1.29, 1.82) is 5.26 Å². The topological polar surface area (TPSA) is 77.8 Å². The first kappa shape index (κ1) is 15.0. The maximum atomic E-state index is 11.4. The van der Waals surface area contributed by atoms with E-state index in [2.05, 4.69) is 21.7 Å². The molecule has 0 saturated heterocycles. The molecule has 21 heavy (non-hydrogen) atoms. The third-order valence-corrected chi connectivity index (χ3v) is 3.84. The van der Waals surface area contributed by atoms with Crippen molar-refractivity contribution >= 4 is 28.2 Å². The molecule has 2 N–H and O–H groups in total. The number of benzene rings is 1. The Morgan fingerprint density at radius 1 is 1.43 bits per heavy atom. The largest absolute Gasteiger partial charge is 0.355 e. The molecular formula is C15H16N4OS. The van der Waals surface area contributed by atoms with Gasteiger partial charge >= 0.3 is 0 Å². The number of rotatable bonds is 5. The quantitative estimate of drug-likeness (QED) is 0.885. The van der Waals surface area contributed by atoms with Crippen LogP contribution in [0.25, 0.3) is 0 Å². The molecule has 0 bridgehead atoms. The number of aromatic nitrogens is 1. The molecular weight excluding hydrogens is 284 g/mol. The molecule has 0 aliphatic carbocycles. The molecule has 2 aromatic rings. The Balaban J connectivity index is 2.14. The predicted octanol–water partition coefficient (Wildman–Crippen LogP) is 3.54. The number of nitriles is 1. The SMILES string of the molecule is CCC(=O)Nc1nc(NC(C)c2ccccc2)sc1C#N. The third-order valence-electron chi connectivity index (χ3n) is 2.95. The minimum absolute atomic E-state index is 0.0682. The number of hydrogen-bond donors (Lipinski definition) is 2. The van der Waals surface area contributed by atoms with E-state index >= 15 is 0 Å². The number of nitrogens with zero attached hydrogens (tertiary/aromatic N) is 2. The summed E-state index contributed by atoms with van der Waals surface area (Å²) in [5, 5.41) is 15.6. The molecule has 1 atom stereocenters. The minimum Gasteiger partial charge on any atom is -0.355 e. The number of nitrogens with one attached hydrogen (secondary N) is 2. The Labute approximate surface area is 127 Å². The summed E-state index contributed by atoms with van der Waals surface area (Å²) in [7, 11) is 0. The Hall–Kier alpha value is -2.39. The number of carbonyl (C=O) groups excluding carboxylic acids is 1. The van der Waals surface area contributed by atoms with Gasteiger partial charge in [-0.3, -0.25) is 4.79 Å². The number of thiazole rings is 1. The van der Waals surface area contributed by atoms with Crippen LogP contribution in [-0.2, 0) is 4.79 Å². The summed E-state index contributed by atoms with van der Waals surface area (Å²) >= 11 is 1.24. The van der Waals surface area contributed by atoms with E-state index in [9.17, 15) is 4.79 Å². The second-order valence-electron chi connectivity index (χ2n) is 4.49. The Morgan fingerprint density at radius 3 is 2.76 bits per heavy atom. The highest BCUT2D eigenvalue weighted by atomic mass is 32.1. The maximum Gasteiger partial charge on any atom is 0.225 e. The van der Waals surface area contributed by atoms with Crippen LogP contribution in [-0.4, -0.2) is 10.9 Å². The summed E-state index contributed by atoms with van der Waals surface area (Å²) in [4.78, 5) is 16.1. The van der Waals surface area contributed by atoms with Crippen LogP contribution in [0.2, 0.25) is 0 Å². The van der Waals surface area contributed by atoms with E-state index in [4.69, 9.17) is 5.26 Å². The summed E-state index contributed by atoms with van der Waals surface area (Å²) < 4.78 is 0. The van der Waals surface area contributed by atoms with Crippen molar-refractivity contribution in [3.63, 3.8) is 0 Å². The van der Waals surface area contributed by atoms with Crippen LogP contribution >= 0.6 is 11.3 Å². The Bertz CT molecular complexity index is 660. The highest BCUT2D eigenvalue weighted by molar-refractivity contribution is 7.16. The zero-order valence-electron chi connectivity index (χ0n) is 11.9. The molecule has 0 aliphatic rings. The highest BCUT2D eigenvalue weighted by Crippen LogP contribution is 2.29. The monoisotopic (exact) mass is 300 g/mol. The molecule has 1 aromatic carbocycles. The van der Waals surface area contributed by atoms with Crippen molar-refractivity contribution in [2.24, 2.45) is 0 Å². The lowest BCUT2D eigenvalue weighted by Gasteiger charge is -2.12. The lowest BCUT2D eigenvalue weighted by molar-refractivity contribution is -0.115. The smallest absolute Gasteiger partial charge is 0.225 e. The fourth-order valence-electron chi connectivity index (χ4n) is 1.77. The van der Waals surface area contributed by atoms with Crippen molar-refractivity contribution in [2.45, 2.75) is 26.3 Å². The van der Waals surface area contributed by atoms with Gasteiger partial charge in [-0.1, -0.05) is 48.6 Å². The van der Waals surface area contributed by atoms with E-state index in [-0.39, 0.29) is 11.9 Å². The number of amides is 1. The van der Waals surface area contributed by atoms with Crippen molar-refractivity contribution < 1.29 is 4.79 Å². The molecule has 0 saturated carbocycles. The maximum absolute atomic E-state index is 11.4. The van der Waals surface area contributed by atoms with Gasteiger partial charge in [0, 0.05) is 6.42 Å². The van der Waals surface area contributed by atoms with Crippen molar-refractivity contribution in [3.8, 4) is 6.07 Å². The molecule has 108 valence electrons. The summed E-state index contributed by atoms with van der Waals surface area (Å²) in [5.74, 6) is 0.177. The second-order valence-corrected chi connectivity index (χ2v) is 5.49. The average molecular weight is 300 g/mol. The lowest BCUT2D eigenvalue weighted by atomic mass is 10.1. The van der Waals surface area contributed by atoms with Gasteiger partial charge in [0.25, 0.3) is 0 Å². The zero-order chi connectivity index (χ0) is 15.2. The van der Waals surface area contributed by atoms with Gasteiger partial charge in [0.05, 0.1) is 6.04 Å². The molecule has 1 amide bonds. The zero-order valence-corrected chi connectivity index (χ0v) is 12.7. The second kappa shape index (κ2) is 6.86. The molecule has 0 radical (unpaired) electrons. The van der Waals surface area contributed by atoms with Crippen LogP contribution in [0.1, 0.15) is 36.8 Å². The molecule has 0 fully saturated rings. The van der Waals surface area contributed by atoms with E-state index in [1.807, 2.05) is 37.3 Å². The fraction of sp³-hybridized carbons (Fsp3) is 0.267. The van der Waals surface area contributed by atoms with E-state index in [1.54, 1.807) is 6.92 Å². The van der Waals surface area contributed by atoms with Gasteiger partial charge in [-0.2, -0.15) is 5.26 Å². The molecule has 1 heterocycles. The van der Waals surface area contributed by atoms with Crippen LogP contribution in [0.4, 0.5) is 10.9 Å². The van der Waals surface area contributed by atoms with Crippen LogP contribution < -0.4 is 10.6 Å². The van der Waals surface area contributed by atoms with Gasteiger partial charge in [-0.15, -0.1) is 0 Å². The first-order valence-corrected chi connectivity index (χ1v) is 7.48. The fourth-order valence-corrected chi connectivity index (χ4v) is 2.58. The lowest BCUT2D eigenvalue weighted by Crippen LogP contribution is -2.11. The van der Waals surface area contributed by atoms with E-state index in [1.165, 1.54) is 11.3 Å². The van der Waals surface area contributed by atoms with Crippen LogP contribution in [0.3, 0.4) is 0 Å². The van der Waals surface area contributed by atoms with Crippen LogP contribution in [0, 0.1) is 11.3 Å². The summed E-state index contributed by atoms with van der Waals surface area (Å²) in [6.07, 6.45) is 0.353. The first-order valence-electron chi connectivity index (χ1n) is 6.66. The third kappa shape index (κ3) is 3.80. The van der Waals surface area contributed by atoms with Crippen molar-refractivity contribution in [2.75, 3.05) is 10.6 Å². The van der Waals surface area contributed by atoms with E-state index < -0.39 is 0 Å². The summed E-state index contributed by atoms with van der Waals surface area (Å²) in [6.45, 7) is 3.78. The standard InChI is InChI=1S/C15H16N4OS/c1-3-13(20)18-14-12(9-16)21-15(19-14)17-10(2)11-7-5-4-6-8-11/h4-8,10H,3H2,1-2H3,(H,17,19)(H,18,20). The first-order chi connectivity index (χ1) is 10.1. The van der Waals surface area contributed by atoms with Gasteiger partial charge < -0.3 is 10.6 Å². The molecule has 5 nitrogen and oxygen atoms in total. The Morgan fingerprint density at radius 2 is 2.14 bits per heavy atom. The van der Waals surface area contributed by atoms with Gasteiger partial charge in [0.2, 0.25) is 5.91 Å². The minimum atomic E-state index is -0.153. The molecule has 0 spiro atoms. The molecule has 2 rings (SSSR count). The summed E-state index contributed by atoms with van der Waals surface area (Å²) in [6, 6.07) is 12.1. The predicted molar refractivity (Wildman–Crippen MR) is 84.2 cm³/mol. The molecule has 1 aromatic heterocycles. The summed E-state index contributed by atoms with van der Waals surface area (Å²) in [5.41, 5.74) is 1.13. The van der Waals surface area contributed by atoms with Gasteiger partial charge in [0.1, 0.15) is 6.07 Å². The number of hydrogen-bond acceptors (Lipinski definition) is 5. The van der Waals surface area contributed by atoms with E-state index in [0.29, 0.717) is 22.2 Å². The highest BCUT2D eigenvalue weighted by Gasteiger charge is 2.14. The van der Waals surface area contributed by atoms with Crippen molar-refractivity contribution in [1.82, 2.24) is 4.98 Å². The van der Waals surface area contributed by atoms with Crippen LogP contribution in [0.5, 0.6) is 0 Å². The van der Waals surface area contributed by atoms with Gasteiger partial charge in [-0.05, 0) is 12.5 Å². The van der Waals surface area contributed by atoms with Gasteiger partial charge in [0.15, 0.2) is 15.8 Å². The Kier molecular flexibility index (Phi) is 4.90. The molecule has 1 unspecified atom stereocenters. The normalized spacial score (nSPS) is 11.5. The van der Waals surface area contributed by atoms with Crippen molar-refractivity contribution in [3.05, 3.63) is 40.8 Å². The van der Waals surface area contributed by atoms with E-state index in [0.717, 1.165) is 5.56 Å². The van der Waals surface area contributed by atoms with Crippen LogP contribution in [0.15, 0.2) is 30.3 Å².